The number of nitrogens with one attached hydrogen (secondary N) is 2. The Hall–Kier alpha value is -4.44. The third-order valence-electron chi connectivity index (χ3n) is 5.74. The predicted octanol–water partition coefficient (Wildman–Crippen LogP) is 4.41. The number of anilines is 1. The fourth-order valence-electron chi connectivity index (χ4n) is 3.96. The van der Waals surface area contributed by atoms with E-state index in [0.29, 0.717) is 45.5 Å². The average molecular weight is 501 g/mol. The fourth-order valence-corrected chi connectivity index (χ4v) is 4.55. The van der Waals surface area contributed by atoms with E-state index in [2.05, 4.69) is 25.3 Å². The molecule has 0 saturated heterocycles. The Labute approximate surface area is 211 Å². The molecule has 10 heteroatoms. The standard InChI is InChI=1S/C26H24N6O3S/c1-35-25-18(5-3-11-29-25)15-7-9-22(33)19(12-15)23-31-20-8-6-16(13-21(20)32-23)24(34)28-10-2-4-17-14-36-26(27)30-17/h3,5-9,11-14,33H,2,4,10H2,1H3,(H2,27,30)(H,28,34)(H,31,32). The average Bonchev–Trinajstić information content (AvgIpc) is 3.52. The van der Waals surface area contributed by atoms with E-state index in [-0.39, 0.29) is 11.7 Å². The molecule has 5 rings (SSSR count). The molecule has 0 aliphatic heterocycles. The summed E-state index contributed by atoms with van der Waals surface area (Å²) in [7, 11) is 1.57. The molecule has 0 spiro atoms. The molecule has 1 amide bonds. The number of rotatable bonds is 8. The Kier molecular flexibility index (Phi) is 6.50. The van der Waals surface area contributed by atoms with Crippen LogP contribution in [0.25, 0.3) is 33.5 Å². The highest BCUT2D eigenvalue weighted by molar-refractivity contribution is 7.13. The number of aromatic hydroxyl groups is 1. The van der Waals surface area contributed by atoms with E-state index < -0.39 is 0 Å². The number of nitrogens with zero attached hydrogens (tertiary/aromatic N) is 3. The number of nitrogen functional groups attached to an aromatic ring is 1. The summed E-state index contributed by atoms with van der Waals surface area (Å²) in [5, 5.41) is 16.0. The Bertz CT molecular complexity index is 1540. The Morgan fingerprint density at radius 1 is 1.17 bits per heavy atom. The summed E-state index contributed by atoms with van der Waals surface area (Å²) in [5.41, 5.74) is 10.7. The molecule has 0 unspecified atom stereocenters. The van der Waals surface area contributed by atoms with Crippen molar-refractivity contribution < 1.29 is 14.6 Å². The van der Waals surface area contributed by atoms with Gasteiger partial charge < -0.3 is 25.9 Å². The first-order valence-electron chi connectivity index (χ1n) is 11.3. The van der Waals surface area contributed by atoms with Gasteiger partial charge in [-0.3, -0.25) is 4.79 Å². The van der Waals surface area contributed by atoms with Gasteiger partial charge in [-0.25, -0.2) is 15.0 Å². The largest absolute Gasteiger partial charge is 0.507 e. The van der Waals surface area contributed by atoms with Crippen LogP contribution in [0.4, 0.5) is 5.13 Å². The van der Waals surface area contributed by atoms with Crippen LogP contribution in [-0.2, 0) is 6.42 Å². The van der Waals surface area contributed by atoms with Crippen LogP contribution < -0.4 is 15.8 Å². The Balaban J connectivity index is 1.33. The van der Waals surface area contributed by atoms with Gasteiger partial charge in [-0.05, 0) is 60.9 Å². The number of carbonyl (C=O) groups is 1. The van der Waals surface area contributed by atoms with Crippen LogP contribution in [0.1, 0.15) is 22.5 Å². The summed E-state index contributed by atoms with van der Waals surface area (Å²) in [6.07, 6.45) is 3.18. The second-order valence-electron chi connectivity index (χ2n) is 8.15. The molecule has 0 saturated carbocycles. The SMILES string of the molecule is COc1ncccc1-c1ccc(O)c(-c2nc3ccc(C(=O)NCCCc4csc(N)n4)cc3[nH]2)c1. The first-order chi connectivity index (χ1) is 17.5. The molecule has 0 aliphatic carbocycles. The molecular weight excluding hydrogens is 476 g/mol. The smallest absolute Gasteiger partial charge is 0.251 e. The summed E-state index contributed by atoms with van der Waals surface area (Å²) in [6, 6.07) is 14.2. The van der Waals surface area contributed by atoms with Gasteiger partial charge in [0, 0.05) is 29.2 Å². The molecule has 3 heterocycles. The van der Waals surface area contributed by atoms with Crippen molar-refractivity contribution in [1.82, 2.24) is 25.3 Å². The van der Waals surface area contributed by atoms with E-state index in [1.54, 1.807) is 43.6 Å². The number of hydrogen-bond acceptors (Lipinski definition) is 8. The highest BCUT2D eigenvalue weighted by Crippen LogP contribution is 2.35. The van der Waals surface area contributed by atoms with E-state index in [1.165, 1.54) is 11.3 Å². The number of H-pyrrole nitrogens is 1. The van der Waals surface area contributed by atoms with Crippen LogP contribution in [0.3, 0.4) is 0 Å². The number of aromatic amines is 1. The van der Waals surface area contributed by atoms with Crippen LogP contribution in [-0.4, -0.2) is 44.6 Å². The number of ether oxygens (including phenoxy) is 1. The fraction of sp³-hybridized carbons (Fsp3) is 0.154. The maximum Gasteiger partial charge on any atom is 0.251 e. The zero-order chi connectivity index (χ0) is 25.1. The van der Waals surface area contributed by atoms with Gasteiger partial charge in [0.1, 0.15) is 11.6 Å². The number of hydrogen-bond donors (Lipinski definition) is 4. The van der Waals surface area contributed by atoms with Gasteiger partial charge in [0.15, 0.2) is 5.13 Å². The predicted molar refractivity (Wildman–Crippen MR) is 140 cm³/mol. The topological polar surface area (TPSA) is 139 Å². The molecule has 0 aliphatic rings. The second-order valence-corrected chi connectivity index (χ2v) is 9.04. The quantitative estimate of drug-likeness (QED) is 0.232. The van der Waals surface area contributed by atoms with Crippen molar-refractivity contribution in [3.8, 4) is 34.1 Å². The minimum atomic E-state index is -0.167. The number of phenolic OH excluding ortho intramolecular Hbond substituents is 1. The third kappa shape index (κ3) is 4.84. The molecule has 36 heavy (non-hydrogen) atoms. The van der Waals surface area contributed by atoms with Gasteiger partial charge in [-0.15, -0.1) is 11.3 Å². The minimum Gasteiger partial charge on any atom is -0.507 e. The third-order valence-corrected chi connectivity index (χ3v) is 6.46. The molecule has 9 nitrogen and oxygen atoms in total. The van der Waals surface area contributed by atoms with Crippen LogP contribution in [0.5, 0.6) is 11.6 Å². The number of fused-ring (bicyclic) bond motifs is 1. The first-order valence-corrected chi connectivity index (χ1v) is 12.2. The number of thiazole rings is 1. The van der Waals surface area contributed by atoms with Gasteiger partial charge in [-0.2, -0.15) is 0 Å². The highest BCUT2D eigenvalue weighted by Gasteiger charge is 2.15. The molecule has 0 atom stereocenters. The van der Waals surface area contributed by atoms with Crippen molar-refractivity contribution in [1.29, 1.82) is 0 Å². The zero-order valence-corrected chi connectivity index (χ0v) is 20.3. The summed E-state index contributed by atoms with van der Waals surface area (Å²) in [6.45, 7) is 0.529. The molecule has 0 radical (unpaired) electrons. The van der Waals surface area contributed by atoms with Crippen LogP contribution in [0.2, 0.25) is 0 Å². The minimum absolute atomic E-state index is 0.0838. The molecule has 2 aromatic carbocycles. The molecule has 0 fully saturated rings. The van der Waals surface area contributed by atoms with E-state index in [4.69, 9.17) is 10.5 Å². The van der Waals surface area contributed by atoms with E-state index >= 15 is 0 Å². The highest BCUT2D eigenvalue weighted by atomic mass is 32.1. The number of amides is 1. The van der Waals surface area contributed by atoms with Gasteiger partial charge in [0.25, 0.3) is 5.91 Å². The second kappa shape index (κ2) is 10.0. The Morgan fingerprint density at radius 2 is 2.06 bits per heavy atom. The Morgan fingerprint density at radius 3 is 2.86 bits per heavy atom. The van der Waals surface area contributed by atoms with Crippen LogP contribution >= 0.6 is 11.3 Å². The van der Waals surface area contributed by atoms with E-state index in [0.717, 1.165) is 29.7 Å². The first kappa shape index (κ1) is 23.3. The number of methoxy groups -OCH3 is 1. The number of aryl methyl sites for hydroxylation is 1. The zero-order valence-electron chi connectivity index (χ0n) is 19.5. The lowest BCUT2D eigenvalue weighted by molar-refractivity contribution is 0.0953. The number of carbonyl (C=O) groups excluding carboxylic acids is 1. The van der Waals surface area contributed by atoms with Crippen molar-refractivity contribution in [2.45, 2.75) is 12.8 Å². The van der Waals surface area contributed by atoms with Gasteiger partial charge in [0.05, 0.1) is 29.4 Å². The summed E-state index contributed by atoms with van der Waals surface area (Å²) in [5.74, 6) is 0.900. The van der Waals surface area contributed by atoms with E-state index in [1.807, 2.05) is 23.6 Å². The van der Waals surface area contributed by atoms with Crippen LogP contribution in [0, 0.1) is 0 Å². The number of phenols is 1. The lowest BCUT2D eigenvalue weighted by Gasteiger charge is -2.09. The lowest BCUT2D eigenvalue weighted by atomic mass is 10.0. The number of aromatic nitrogens is 4. The maximum atomic E-state index is 12.7. The van der Waals surface area contributed by atoms with Gasteiger partial charge in [-0.1, -0.05) is 6.07 Å². The monoisotopic (exact) mass is 500 g/mol. The van der Waals surface area contributed by atoms with Crippen molar-refractivity contribution in [3.05, 3.63) is 71.4 Å². The van der Waals surface area contributed by atoms with Crippen molar-refractivity contribution in [2.75, 3.05) is 19.4 Å². The molecular formula is C26H24N6O3S. The summed E-state index contributed by atoms with van der Waals surface area (Å²) < 4.78 is 5.38. The van der Waals surface area contributed by atoms with Gasteiger partial charge >= 0.3 is 0 Å². The molecule has 5 aromatic rings. The number of imidazole rings is 1. The maximum absolute atomic E-state index is 12.7. The number of nitrogens with two attached hydrogens (primary N) is 1. The molecule has 5 N–H and O–H groups in total. The summed E-state index contributed by atoms with van der Waals surface area (Å²) >= 11 is 1.41. The van der Waals surface area contributed by atoms with Crippen molar-refractivity contribution >= 4 is 33.4 Å². The van der Waals surface area contributed by atoms with Crippen molar-refractivity contribution in [2.24, 2.45) is 0 Å². The van der Waals surface area contributed by atoms with E-state index in [9.17, 15) is 9.90 Å². The van der Waals surface area contributed by atoms with Crippen molar-refractivity contribution in [3.63, 3.8) is 0 Å². The molecule has 182 valence electrons. The molecule has 3 aromatic heterocycles. The summed E-state index contributed by atoms with van der Waals surface area (Å²) in [4.78, 5) is 29.0. The number of pyridine rings is 1. The van der Waals surface area contributed by atoms with Gasteiger partial charge in [0.2, 0.25) is 5.88 Å². The normalized spacial score (nSPS) is 11.0. The lowest BCUT2D eigenvalue weighted by Crippen LogP contribution is -2.24. The number of benzene rings is 2. The molecule has 0 bridgehead atoms. The van der Waals surface area contributed by atoms with Crippen LogP contribution in [0.15, 0.2) is 60.1 Å².